The van der Waals surface area contributed by atoms with Gasteiger partial charge in [-0.1, -0.05) is 31.2 Å². The summed E-state index contributed by atoms with van der Waals surface area (Å²) in [5, 5.41) is 3.39. The number of hydrogen-bond donors (Lipinski definition) is 1. The summed E-state index contributed by atoms with van der Waals surface area (Å²) in [6.45, 7) is 8.10. The summed E-state index contributed by atoms with van der Waals surface area (Å²) in [6.07, 6.45) is 3.71. The van der Waals surface area contributed by atoms with Crippen molar-refractivity contribution >= 4 is 0 Å². The molecule has 0 radical (unpaired) electrons. The Hall–Kier alpha value is -0.860. The van der Waals surface area contributed by atoms with Crippen LogP contribution in [0.2, 0.25) is 0 Å². The Balaban J connectivity index is 1.78. The van der Waals surface area contributed by atoms with Crippen LogP contribution in [0.15, 0.2) is 24.3 Å². The highest BCUT2D eigenvalue weighted by Gasteiger charge is 2.12. The van der Waals surface area contributed by atoms with Crippen molar-refractivity contribution in [3.05, 3.63) is 35.4 Å². The lowest BCUT2D eigenvalue weighted by molar-refractivity contribution is 0.282. The molecule has 17 heavy (non-hydrogen) atoms. The fraction of sp³-hybridized carbons (Fsp3) is 0.600. The molecule has 1 aromatic carbocycles. The van der Waals surface area contributed by atoms with Gasteiger partial charge in [0.15, 0.2) is 0 Å². The van der Waals surface area contributed by atoms with E-state index in [0.29, 0.717) is 0 Å². The SMILES string of the molecule is CCNCCCN1CCc2ccccc2CC1. The molecule has 0 atom stereocenters. The highest BCUT2D eigenvalue weighted by molar-refractivity contribution is 5.28. The molecule has 1 heterocycles. The Kier molecular flexibility index (Phi) is 5.02. The van der Waals surface area contributed by atoms with Crippen LogP contribution < -0.4 is 5.32 Å². The van der Waals surface area contributed by atoms with Crippen molar-refractivity contribution in [2.24, 2.45) is 0 Å². The van der Waals surface area contributed by atoms with Crippen molar-refractivity contribution < 1.29 is 0 Å². The molecule has 2 heteroatoms. The molecule has 2 nitrogen and oxygen atoms in total. The van der Waals surface area contributed by atoms with Crippen molar-refractivity contribution in [3.8, 4) is 0 Å². The van der Waals surface area contributed by atoms with Crippen LogP contribution in [0.5, 0.6) is 0 Å². The molecule has 0 saturated heterocycles. The molecule has 0 unspecified atom stereocenters. The summed E-state index contributed by atoms with van der Waals surface area (Å²) in [7, 11) is 0. The Bertz CT molecular complexity index is 308. The van der Waals surface area contributed by atoms with E-state index >= 15 is 0 Å². The van der Waals surface area contributed by atoms with E-state index in [1.165, 1.54) is 38.9 Å². The van der Waals surface area contributed by atoms with Gasteiger partial charge in [-0.2, -0.15) is 0 Å². The molecule has 0 aromatic heterocycles. The van der Waals surface area contributed by atoms with Gasteiger partial charge in [-0.3, -0.25) is 0 Å². The molecule has 0 bridgehead atoms. The molecule has 1 aliphatic rings. The highest BCUT2D eigenvalue weighted by Crippen LogP contribution is 2.15. The molecule has 94 valence electrons. The molecule has 0 spiro atoms. The van der Waals surface area contributed by atoms with Crippen molar-refractivity contribution in [1.82, 2.24) is 10.2 Å². The Morgan fingerprint density at radius 2 is 1.76 bits per heavy atom. The first-order chi connectivity index (χ1) is 8.40. The van der Waals surface area contributed by atoms with E-state index in [9.17, 15) is 0 Å². The van der Waals surface area contributed by atoms with Gasteiger partial charge in [-0.15, -0.1) is 0 Å². The number of hydrogen-bond acceptors (Lipinski definition) is 2. The summed E-state index contributed by atoms with van der Waals surface area (Å²) < 4.78 is 0. The fourth-order valence-corrected chi connectivity index (χ4v) is 2.54. The average molecular weight is 232 g/mol. The first kappa shape index (κ1) is 12.6. The molecule has 1 aromatic rings. The predicted molar refractivity (Wildman–Crippen MR) is 73.5 cm³/mol. The van der Waals surface area contributed by atoms with Crippen molar-refractivity contribution in [2.45, 2.75) is 26.2 Å². The lowest BCUT2D eigenvalue weighted by Gasteiger charge is -2.19. The van der Waals surface area contributed by atoms with E-state index in [0.717, 1.165) is 13.1 Å². The van der Waals surface area contributed by atoms with Crippen LogP contribution in [0.3, 0.4) is 0 Å². The molecule has 0 saturated carbocycles. The maximum absolute atomic E-state index is 3.39. The van der Waals surface area contributed by atoms with Gasteiger partial charge in [0.25, 0.3) is 0 Å². The second-order valence-electron chi connectivity index (χ2n) is 4.82. The predicted octanol–water partition coefficient (Wildman–Crippen LogP) is 2.09. The van der Waals surface area contributed by atoms with Crippen LogP contribution >= 0.6 is 0 Å². The summed E-state index contributed by atoms with van der Waals surface area (Å²) >= 11 is 0. The minimum atomic E-state index is 1.09. The third kappa shape index (κ3) is 3.83. The fourth-order valence-electron chi connectivity index (χ4n) is 2.54. The van der Waals surface area contributed by atoms with Crippen LogP contribution in [-0.2, 0) is 12.8 Å². The minimum absolute atomic E-state index is 1.09. The van der Waals surface area contributed by atoms with Gasteiger partial charge in [0.05, 0.1) is 0 Å². The summed E-state index contributed by atoms with van der Waals surface area (Å²) in [4.78, 5) is 2.61. The van der Waals surface area contributed by atoms with Gasteiger partial charge < -0.3 is 10.2 Å². The van der Waals surface area contributed by atoms with Gasteiger partial charge in [0, 0.05) is 13.1 Å². The maximum Gasteiger partial charge on any atom is 0.00221 e. The van der Waals surface area contributed by atoms with Gasteiger partial charge >= 0.3 is 0 Å². The smallest absolute Gasteiger partial charge is 0.00221 e. The molecule has 1 aliphatic heterocycles. The maximum atomic E-state index is 3.39. The Morgan fingerprint density at radius 1 is 1.12 bits per heavy atom. The van der Waals surface area contributed by atoms with E-state index in [4.69, 9.17) is 0 Å². The minimum Gasteiger partial charge on any atom is -0.317 e. The molecule has 0 aliphatic carbocycles. The number of nitrogens with zero attached hydrogens (tertiary/aromatic N) is 1. The van der Waals surface area contributed by atoms with E-state index in [1.54, 1.807) is 11.1 Å². The normalized spacial score (nSPS) is 16.5. The molecule has 0 amide bonds. The number of nitrogens with one attached hydrogen (secondary N) is 1. The third-order valence-corrected chi connectivity index (χ3v) is 3.59. The topological polar surface area (TPSA) is 15.3 Å². The summed E-state index contributed by atoms with van der Waals surface area (Å²) in [5.74, 6) is 0. The molecule has 0 fully saturated rings. The second-order valence-corrected chi connectivity index (χ2v) is 4.82. The Morgan fingerprint density at radius 3 is 2.35 bits per heavy atom. The van der Waals surface area contributed by atoms with Crippen molar-refractivity contribution in [2.75, 3.05) is 32.7 Å². The first-order valence-corrected chi connectivity index (χ1v) is 6.90. The zero-order valence-corrected chi connectivity index (χ0v) is 10.9. The molecular formula is C15H24N2. The van der Waals surface area contributed by atoms with Gasteiger partial charge in [0.1, 0.15) is 0 Å². The van der Waals surface area contributed by atoms with Gasteiger partial charge in [-0.25, -0.2) is 0 Å². The molecule has 1 N–H and O–H groups in total. The van der Waals surface area contributed by atoms with E-state index in [-0.39, 0.29) is 0 Å². The van der Waals surface area contributed by atoms with Crippen LogP contribution in [0.1, 0.15) is 24.5 Å². The van der Waals surface area contributed by atoms with Gasteiger partial charge in [0.2, 0.25) is 0 Å². The molecular weight excluding hydrogens is 208 g/mol. The first-order valence-electron chi connectivity index (χ1n) is 6.90. The van der Waals surface area contributed by atoms with Crippen LogP contribution in [0.25, 0.3) is 0 Å². The zero-order valence-electron chi connectivity index (χ0n) is 10.9. The average Bonchev–Trinajstić information content (AvgIpc) is 2.58. The second kappa shape index (κ2) is 6.77. The molecule has 2 rings (SSSR count). The lowest BCUT2D eigenvalue weighted by Crippen LogP contribution is -2.29. The van der Waals surface area contributed by atoms with E-state index in [2.05, 4.69) is 41.4 Å². The van der Waals surface area contributed by atoms with E-state index < -0.39 is 0 Å². The van der Waals surface area contributed by atoms with Gasteiger partial charge in [-0.05, 0) is 50.0 Å². The summed E-state index contributed by atoms with van der Waals surface area (Å²) in [6, 6.07) is 8.91. The lowest BCUT2D eigenvalue weighted by atomic mass is 10.0. The zero-order chi connectivity index (χ0) is 11.9. The van der Waals surface area contributed by atoms with E-state index in [1.807, 2.05) is 0 Å². The standard InChI is InChI=1S/C15H24N2/c1-2-16-10-5-11-17-12-8-14-6-3-4-7-15(14)9-13-17/h3-4,6-7,16H,2,5,8-13H2,1H3. The Labute approximate surface area is 105 Å². The summed E-state index contributed by atoms with van der Waals surface area (Å²) in [5.41, 5.74) is 3.11. The quantitative estimate of drug-likeness (QED) is 0.782. The van der Waals surface area contributed by atoms with Crippen molar-refractivity contribution in [1.29, 1.82) is 0 Å². The number of benzene rings is 1. The van der Waals surface area contributed by atoms with Crippen LogP contribution in [-0.4, -0.2) is 37.6 Å². The number of rotatable bonds is 5. The third-order valence-electron chi connectivity index (χ3n) is 3.59. The van der Waals surface area contributed by atoms with Crippen LogP contribution in [0.4, 0.5) is 0 Å². The number of fused-ring (bicyclic) bond motifs is 1. The monoisotopic (exact) mass is 232 g/mol. The largest absolute Gasteiger partial charge is 0.317 e. The van der Waals surface area contributed by atoms with Crippen LogP contribution in [0, 0.1) is 0 Å². The highest BCUT2D eigenvalue weighted by atomic mass is 15.1. The van der Waals surface area contributed by atoms with Crippen molar-refractivity contribution in [3.63, 3.8) is 0 Å².